The third kappa shape index (κ3) is 2.42. The van der Waals surface area contributed by atoms with Crippen LogP contribution in [-0.2, 0) is 4.74 Å². The number of benzene rings is 1. The van der Waals surface area contributed by atoms with Gasteiger partial charge in [-0.15, -0.1) is 0 Å². The third-order valence-corrected chi connectivity index (χ3v) is 2.64. The molecular weight excluding hydrogens is 270 g/mol. The van der Waals surface area contributed by atoms with E-state index in [0.717, 1.165) is 23.9 Å². The molecule has 0 aliphatic heterocycles. The van der Waals surface area contributed by atoms with Crippen LogP contribution in [0.4, 0.5) is 8.78 Å². The molecule has 0 saturated heterocycles. The number of nitrogens with zero attached hydrogens (tertiary/aromatic N) is 2. The summed E-state index contributed by atoms with van der Waals surface area (Å²) >= 11 is 0. The van der Waals surface area contributed by atoms with Crippen LogP contribution in [0.1, 0.15) is 16.1 Å². The highest BCUT2D eigenvalue weighted by atomic mass is 19.2. The van der Waals surface area contributed by atoms with Crippen molar-refractivity contribution in [1.29, 1.82) is 0 Å². The van der Waals surface area contributed by atoms with Crippen molar-refractivity contribution in [3.05, 3.63) is 57.5 Å². The summed E-state index contributed by atoms with van der Waals surface area (Å²) in [6, 6.07) is 3.11. The van der Waals surface area contributed by atoms with Crippen LogP contribution in [0.2, 0.25) is 0 Å². The lowest BCUT2D eigenvalue weighted by atomic mass is 10.2. The first-order valence-electron chi connectivity index (χ1n) is 5.58. The summed E-state index contributed by atoms with van der Waals surface area (Å²) in [6.07, 6.45) is 1.32. The van der Waals surface area contributed by atoms with Gasteiger partial charge in [0.15, 0.2) is 11.6 Å². The van der Waals surface area contributed by atoms with E-state index in [4.69, 9.17) is 0 Å². The standard InChI is InChI=1S/C13H10F2N2O3/c1-7-6-17(8-3-4-9(14)10(15)5-8)16-11(12(7)18)13(19)20-2/h3-6H,1-2H3. The van der Waals surface area contributed by atoms with Crippen molar-refractivity contribution in [2.24, 2.45) is 0 Å². The summed E-state index contributed by atoms with van der Waals surface area (Å²) in [4.78, 5) is 23.2. The molecule has 0 amide bonds. The van der Waals surface area contributed by atoms with Crippen LogP contribution < -0.4 is 5.43 Å². The molecule has 2 aromatic rings. The van der Waals surface area contributed by atoms with Crippen molar-refractivity contribution in [3.63, 3.8) is 0 Å². The quantitative estimate of drug-likeness (QED) is 0.784. The summed E-state index contributed by atoms with van der Waals surface area (Å²) < 4.78 is 31.7. The van der Waals surface area contributed by atoms with Gasteiger partial charge in [0.05, 0.1) is 12.8 Å². The molecule has 0 saturated carbocycles. The second-order valence-corrected chi connectivity index (χ2v) is 4.02. The second kappa shape index (κ2) is 5.20. The molecule has 0 fully saturated rings. The SMILES string of the molecule is COC(=O)c1nn(-c2ccc(F)c(F)c2)cc(C)c1=O. The molecule has 0 unspecified atom stereocenters. The Labute approximate surface area is 112 Å². The molecule has 0 radical (unpaired) electrons. The zero-order chi connectivity index (χ0) is 14.9. The number of methoxy groups -OCH3 is 1. The molecule has 0 bridgehead atoms. The lowest BCUT2D eigenvalue weighted by Gasteiger charge is -2.08. The van der Waals surface area contributed by atoms with Crippen LogP contribution in [-0.4, -0.2) is 22.9 Å². The van der Waals surface area contributed by atoms with E-state index in [1.54, 1.807) is 0 Å². The number of carbonyl (C=O) groups excluding carboxylic acids is 1. The fraction of sp³-hybridized carbons (Fsp3) is 0.154. The molecule has 0 atom stereocenters. The van der Waals surface area contributed by atoms with E-state index >= 15 is 0 Å². The van der Waals surface area contributed by atoms with Gasteiger partial charge in [0, 0.05) is 17.8 Å². The number of rotatable bonds is 2. The minimum absolute atomic E-state index is 0.178. The molecular formula is C13H10F2N2O3. The van der Waals surface area contributed by atoms with Crippen molar-refractivity contribution in [1.82, 2.24) is 9.78 Å². The van der Waals surface area contributed by atoms with E-state index in [1.807, 2.05) is 0 Å². The third-order valence-electron chi connectivity index (χ3n) is 2.64. The first kappa shape index (κ1) is 13.9. The zero-order valence-electron chi connectivity index (χ0n) is 10.7. The molecule has 1 heterocycles. The monoisotopic (exact) mass is 280 g/mol. The smallest absolute Gasteiger partial charge is 0.362 e. The van der Waals surface area contributed by atoms with E-state index in [-0.39, 0.29) is 11.3 Å². The van der Waals surface area contributed by atoms with Crippen LogP contribution in [0.3, 0.4) is 0 Å². The molecule has 1 aromatic carbocycles. The van der Waals surface area contributed by atoms with Crippen LogP contribution >= 0.6 is 0 Å². The maximum atomic E-state index is 13.2. The van der Waals surface area contributed by atoms with Gasteiger partial charge in [-0.05, 0) is 19.1 Å². The number of aryl methyl sites for hydroxylation is 1. The van der Waals surface area contributed by atoms with Crippen molar-refractivity contribution >= 4 is 5.97 Å². The highest BCUT2D eigenvalue weighted by Crippen LogP contribution is 2.12. The van der Waals surface area contributed by atoms with Crippen LogP contribution in [0.15, 0.2) is 29.2 Å². The number of aromatic nitrogens is 2. The number of carbonyl (C=O) groups is 1. The predicted octanol–water partition coefficient (Wildman–Crippen LogP) is 1.61. The lowest BCUT2D eigenvalue weighted by Crippen LogP contribution is -2.24. The fourth-order valence-corrected chi connectivity index (χ4v) is 1.60. The Morgan fingerprint density at radius 2 is 2.00 bits per heavy atom. The van der Waals surface area contributed by atoms with Gasteiger partial charge in [0.1, 0.15) is 0 Å². The number of hydrogen-bond acceptors (Lipinski definition) is 4. The maximum Gasteiger partial charge on any atom is 0.362 e. The van der Waals surface area contributed by atoms with E-state index in [2.05, 4.69) is 9.84 Å². The van der Waals surface area contributed by atoms with Gasteiger partial charge in [-0.25, -0.2) is 18.3 Å². The molecule has 20 heavy (non-hydrogen) atoms. The van der Waals surface area contributed by atoms with Crippen molar-refractivity contribution in [2.45, 2.75) is 6.92 Å². The van der Waals surface area contributed by atoms with Crippen molar-refractivity contribution in [2.75, 3.05) is 7.11 Å². The highest BCUT2D eigenvalue weighted by molar-refractivity contribution is 5.87. The Morgan fingerprint density at radius 1 is 1.30 bits per heavy atom. The number of hydrogen-bond donors (Lipinski definition) is 0. The zero-order valence-corrected chi connectivity index (χ0v) is 10.7. The minimum atomic E-state index is -1.06. The van der Waals surface area contributed by atoms with E-state index in [9.17, 15) is 18.4 Å². The van der Waals surface area contributed by atoms with E-state index < -0.39 is 28.7 Å². The molecule has 7 heteroatoms. The number of ether oxygens (including phenoxy) is 1. The number of esters is 1. The summed E-state index contributed by atoms with van der Waals surface area (Å²) in [5, 5.41) is 3.79. The first-order chi connectivity index (χ1) is 9.43. The Hall–Kier alpha value is -2.57. The molecule has 1 aromatic heterocycles. The Kier molecular flexibility index (Phi) is 3.60. The Morgan fingerprint density at radius 3 is 2.60 bits per heavy atom. The van der Waals surface area contributed by atoms with Crippen LogP contribution in [0.25, 0.3) is 5.69 Å². The van der Waals surface area contributed by atoms with Crippen molar-refractivity contribution < 1.29 is 18.3 Å². The summed E-state index contributed by atoms with van der Waals surface area (Å²) in [5.41, 5.74) is -0.588. The second-order valence-electron chi connectivity index (χ2n) is 4.02. The Balaban J connectivity index is 2.63. The summed E-state index contributed by atoms with van der Waals surface area (Å²) in [5.74, 6) is -2.95. The minimum Gasteiger partial charge on any atom is -0.464 e. The maximum absolute atomic E-state index is 13.2. The van der Waals surface area contributed by atoms with Gasteiger partial charge in [0.2, 0.25) is 11.1 Å². The molecule has 104 valence electrons. The van der Waals surface area contributed by atoms with Crippen LogP contribution in [0.5, 0.6) is 0 Å². The molecule has 0 aliphatic rings. The highest BCUT2D eigenvalue weighted by Gasteiger charge is 2.16. The van der Waals surface area contributed by atoms with Gasteiger partial charge < -0.3 is 4.74 Å². The topological polar surface area (TPSA) is 61.2 Å². The number of halogens is 2. The predicted molar refractivity (Wildman–Crippen MR) is 65.8 cm³/mol. The fourth-order valence-electron chi connectivity index (χ4n) is 1.60. The normalized spacial score (nSPS) is 10.4. The van der Waals surface area contributed by atoms with E-state index in [0.29, 0.717) is 0 Å². The van der Waals surface area contributed by atoms with Gasteiger partial charge >= 0.3 is 5.97 Å². The summed E-state index contributed by atoms with van der Waals surface area (Å²) in [6.45, 7) is 1.48. The average molecular weight is 280 g/mol. The largest absolute Gasteiger partial charge is 0.464 e. The molecule has 0 spiro atoms. The van der Waals surface area contributed by atoms with Gasteiger partial charge in [0.25, 0.3) is 0 Å². The van der Waals surface area contributed by atoms with Crippen LogP contribution in [0, 0.1) is 18.6 Å². The van der Waals surface area contributed by atoms with Gasteiger partial charge in [-0.2, -0.15) is 5.10 Å². The lowest BCUT2D eigenvalue weighted by molar-refractivity contribution is 0.0590. The van der Waals surface area contributed by atoms with E-state index in [1.165, 1.54) is 19.2 Å². The summed E-state index contributed by atoms with van der Waals surface area (Å²) in [7, 11) is 1.12. The van der Waals surface area contributed by atoms with Gasteiger partial charge in [-0.3, -0.25) is 4.79 Å². The molecule has 0 N–H and O–H groups in total. The first-order valence-corrected chi connectivity index (χ1v) is 5.58. The van der Waals surface area contributed by atoms with Gasteiger partial charge in [-0.1, -0.05) is 0 Å². The molecule has 5 nitrogen and oxygen atoms in total. The average Bonchev–Trinajstić information content (AvgIpc) is 2.44. The molecule has 0 aliphatic carbocycles. The Bertz CT molecular complexity index is 741. The van der Waals surface area contributed by atoms with Crippen molar-refractivity contribution in [3.8, 4) is 5.69 Å². The molecule has 2 rings (SSSR count).